The molecule has 0 radical (unpaired) electrons. The zero-order valence-corrected chi connectivity index (χ0v) is 12.6. The maximum atomic E-state index is 11.4. The van der Waals surface area contributed by atoms with Gasteiger partial charge in [-0.25, -0.2) is 0 Å². The second-order valence-electron chi connectivity index (χ2n) is 4.03. The van der Waals surface area contributed by atoms with Crippen LogP contribution in [0.25, 0.3) is 0 Å². The largest absolute Gasteiger partial charge is 0.276 e. The van der Waals surface area contributed by atoms with Gasteiger partial charge >= 0.3 is 0 Å². The summed E-state index contributed by atoms with van der Waals surface area (Å²) < 4.78 is 0. The molecule has 2 aromatic carbocycles. The van der Waals surface area contributed by atoms with Crippen LogP contribution in [0.15, 0.2) is 53.4 Å². The van der Waals surface area contributed by atoms with E-state index in [4.69, 9.17) is 23.2 Å². The van der Waals surface area contributed by atoms with Crippen molar-refractivity contribution in [3.8, 4) is 0 Å². The summed E-state index contributed by atoms with van der Waals surface area (Å²) in [6.45, 7) is 0. The molecule has 0 aliphatic rings. The smallest absolute Gasteiger partial charge is 0.253 e. The van der Waals surface area contributed by atoms with Gasteiger partial charge in [0.2, 0.25) is 0 Å². The average molecular weight is 325 g/mol. The normalized spacial score (nSPS) is 10.3. The molecule has 0 heterocycles. The van der Waals surface area contributed by atoms with E-state index in [0.29, 0.717) is 21.8 Å². The Hall–Kier alpha value is -1.29. The first-order valence-corrected chi connectivity index (χ1v) is 7.52. The first kappa shape index (κ1) is 15.1. The van der Waals surface area contributed by atoms with Gasteiger partial charge in [-0.2, -0.15) is 0 Å². The Kier molecular flexibility index (Phi) is 5.24. The highest BCUT2D eigenvalue weighted by molar-refractivity contribution is 7.98. The second kappa shape index (κ2) is 6.93. The number of benzene rings is 2. The third kappa shape index (κ3) is 3.85. The Balaban J connectivity index is 2.26. The number of halogens is 2. The quantitative estimate of drug-likeness (QED) is 0.588. The fourth-order valence-electron chi connectivity index (χ4n) is 1.66. The summed E-state index contributed by atoms with van der Waals surface area (Å²) in [4.78, 5) is 23.2. The highest BCUT2D eigenvalue weighted by Crippen LogP contribution is 2.29. The summed E-state index contributed by atoms with van der Waals surface area (Å²) >= 11 is 12.5. The molecule has 0 aliphatic carbocycles. The Bertz CT molecular complexity index is 642. The average Bonchev–Trinajstić information content (AvgIpc) is 2.45. The molecule has 5 heteroatoms. The molecule has 0 atom stereocenters. The number of hydrogen-bond acceptors (Lipinski definition) is 3. The van der Waals surface area contributed by atoms with Gasteiger partial charge in [0.1, 0.15) is 0 Å². The lowest BCUT2D eigenvalue weighted by Gasteiger charge is -2.07. The lowest BCUT2D eigenvalue weighted by Crippen LogP contribution is -1.97. The van der Waals surface area contributed by atoms with Crippen LogP contribution >= 0.6 is 35.0 Å². The molecule has 0 saturated carbocycles. The van der Waals surface area contributed by atoms with Crippen molar-refractivity contribution >= 4 is 45.4 Å². The van der Waals surface area contributed by atoms with E-state index in [1.165, 1.54) is 23.9 Å². The van der Waals surface area contributed by atoms with E-state index in [9.17, 15) is 9.59 Å². The van der Waals surface area contributed by atoms with E-state index in [1.54, 1.807) is 6.07 Å². The van der Waals surface area contributed by atoms with Crippen LogP contribution in [-0.4, -0.2) is 10.5 Å². The lowest BCUT2D eigenvalue weighted by molar-refractivity contribution is 0.106. The van der Waals surface area contributed by atoms with Crippen LogP contribution in [0.4, 0.5) is 0 Å². The molecular weight excluding hydrogens is 315 g/mol. The molecule has 0 saturated heterocycles. The van der Waals surface area contributed by atoms with E-state index in [2.05, 4.69) is 0 Å². The highest BCUT2D eigenvalue weighted by Gasteiger charge is 2.13. The van der Waals surface area contributed by atoms with E-state index in [1.807, 2.05) is 30.3 Å². The minimum absolute atomic E-state index is 0.351. The topological polar surface area (TPSA) is 34.1 Å². The molecule has 0 amide bonds. The molecular formula is C15H10Cl2O2S. The van der Waals surface area contributed by atoms with Gasteiger partial charge in [-0.3, -0.25) is 9.59 Å². The zero-order chi connectivity index (χ0) is 14.5. The van der Waals surface area contributed by atoms with Crippen molar-refractivity contribution in [2.45, 2.75) is 10.6 Å². The summed E-state index contributed by atoms with van der Waals surface area (Å²) in [7, 11) is 0. The number of rotatable bonds is 5. The first-order valence-electron chi connectivity index (χ1n) is 5.78. The van der Waals surface area contributed by atoms with E-state index < -0.39 is 10.5 Å². The van der Waals surface area contributed by atoms with Gasteiger partial charge in [0.15, 0.2) is 0 Å². The number of hydrogen-bond donors (Lipinski definition) is 0. The van der Waals surface area contributed by atoms with Crippen LogP contribution in [0.3, 0.4) is 0 Å². The number of carbonyl (C=O) groups is 2. The molecule has 0 aromatic heterocycles. The monoisotopic (exact) mass is 324 g/mol. The van der Waals surface area contributed by atoms with Crippen molar-refractivity contribution in [1.82, 2.24) is 0 Å². The standard InChI is InChI=1S/C15H10Cl2O2S/c16-14(18)11-6-7-12(15(17)19)13(8-11)20-9-10-4-2-1-3-5-10/h1-8H,9H2. The van der Waals surface area contributed by atoms with Gasteiger partial charge in [-0.15, -0.1) is 11.8 Å². The van der Waals surface area contributed by atoms with Crippen molar-refractivity contribution in [3.63, 3.8) is 0 Å². The van der Waals surface area contributed by atoms with E-state index in [0.717, 1.165) is 5.56 Å². The van der Waals surface area contributed by atoms with Crippen LogP contribution in [0.5, 0.6) is 0 Å². The fourth-order valence-corrected chi connectivity index (χ4v) is 3.04. The maximum Gasteiger partial charge on any atom is 0.253 e. The molecule has 2 rings (SSSR count). The Labute approximate surface area is 131 Å². The van der Waals surface area contributed by atoms with Gasteiger partial charge < -0.3 is 0 Å². The van der Waals surface area contributed by atoms with Crippen molar-refractivity contribution in [3.05, 3.63) is 65.2 Å². The van der Waals surface area contributed by atoms with Gasteiger partial charge in [-0.1, -0.05) is 30.3 Å². The van der Waals surface area contributed by atoms with Crippen LogP contribution < -0.4 is 0 Å². The van der Waals surface area contributed by atoms with Gasteiger partial charge in [0, 0.05) is 21.8 Å². The van der Waals surface area contributed by atoms with Crippen molar-refractivity contribution < 1.29 is 9.59 Å². The Morgan fingerprint density at radius 2 is 1.65 bits per heavy atom. The minimum Gasteiger partial charge on any atom is -0.276 e. The van der Waals surface area contributed by atoms with Gasteiger partial charge in [-0.05, 0) is 47.0 Å². The summed E-state index contributed by atoms with van der Waals surface area (Å²) in [5.41, 5.74) is 1.85. The molecule has 0 bridgehead atoms. The van der Waals surface area contributed by atoms with E-state index >= 15 is 0 Å². The van der Waals surface area contributed by atoms with Crippen molar-refractivity contribution in [1.29, 1.82) is 0 Å². The molecule has 2 nitrogen and oxygen atoms in total. The first-order chi connectivity index (χ1) is 9.58. The second-order valence-corrected chi connectivity index (χ2v) is 5.74. The number of carbonyl (C=O) groups excluding carboxylic acids is 2. The summed E-state index contributed by atoms with van der Waals surface area (Å²) in [5.74, 6) is 0.679. The Morgan fingerprint density at radius 3 is 2.25 bits per heavy atom. The highest BCUT2D eigenvalue weighted by atomic mass is 35.5. The molecule has 20 heavy (non-hydrogen) atoms. The van der Waals surface area contributed by atoms with Gasteiger partial charge in [0.25, 0.3) is 10.5 Å². The van der Waals surface area contributed by atoms with Gasteiger partial charge in [0.05, 0.1) is 0 Å². The SMILES string of the molecule is O=C(Cl)c1ccc(C(=O)Cl)c(SCc2ccccc2)c1. The predicted octanol–water partition coefficient (Wildman–Crippen LogP) is 4.74. The summed E-state index contributed by atoms with van der Waals surface area (Å²) in [6, 6.07) is 14.4. The molecule has 0 N–H and O–H groups in total. The molecule has 0 aliphatic heterocycles. The Morgan fingerprint density at radius 1 is 0.950 bits per heavy atom. The van der Waals surface area contributed by atoms with Crippen LogP contribution in [0.2, 0.25) is 0 Å². The summed E-state index contributed by atoms with van der Waals surface area (Å²) in [5, 5.41) is -1.10. The van der Waals surface area contributed by atoms with Crippen molar-refractivity contribution in [2.24, 2.45) is 0 Å². The fraction of sp³-hybridized carbons (Fsp3) is 0.0667. The zero-order valence-electron chi connectivity index (χ0n) is 10.3. The van der Waals surface area contributed by atoms with Crippen LogP contribution in [0.1, 0.15) is 26.3 Å². The minimum atomic E-state index is -0.555. The third-order valence-corrected chi connectivity index (χ3v) is 4.21. The molecule has 2 aromatic rings. The summed E-state index contributed by atoms with van der Waals surface area (Å²) in [6.07, 6.45) is 0. The van der Waals surface area contributed by atoms with Crippen LogP contribution in [-0.2, 0) is 5.75 Å². The maximum absolute atomic E-state index is 11.4. The molecule has 102 valence electrons. The number of thioether (sulfide) groups is 1. The lowest BCUT2D eigenvalue weighted by atomic mass is 10.1. The van der Waals surface area contributed by atoms with Crippen LogP contribution in [0, 0.1) is 0 Å². The predicted molar refractivity (Wildman–Crippen MR) is 82.8 cm³/mol. The molecule has 0 unspecified atom stereocenters. The molecule has 0 spiro atoms. The van der Waals surface area contributed by atoms with Crippen molar-refractivity contribution in [2.75, 3.05) is 0 Å². The van der Waals surface area contributed by atoms with E-state index in [-0.39, 0.29) is 0 Å². The molecule has 0 fully saturated rings. The third-order valence-electron chi connectivity index (χ3n) is 2.66.